The topological polar surface area (TPSA) is 73.5 Å². The summed E-state index contributed by atoms with van der Waals surface area (Å²) in [6, 6.07) is 12.8. The van der Waals surface area contributed by atoms with Crippen LogP contribution in [0.15, 0.2) is 48.5 Å². The van der Waals surface area contributed by atoms with Crippen LogP contribution in [0.4, 0.5) is 10.1 Å². The van der Waals surface area contributed by atoms with Gasteiger partial charge in [0.25, 0.3) is 5.91 Å². The van der Waals surface area contributed by atoms with Gasteiger partial charge in [0, 0.05) is 30.9 Å². The average Bonchev–Trinajstić information content (AvgIpc) is 2.83. The molecule has 0 unspecified atom stereocenters. The van der Waals surface area contributed by atoms with E-state index in [1.165, 1.54) is 12.1 Å². The first-order valence-corrected chi connectivity index (χ1v) is 12.1. The molecule has 0 aromatic heterocycles. The number of nitrogens with one attached hydrogen (secondary N) is 3. The fraction of sp³-hybridized carbons (Fsp3) is 0.423. The third-order valence-corrected chi connectivity index (χ3v) is 6.32. The maximum Gasteiger partial charge on any atom is 0.251 e. The Kier molecular flexibility index (Phi) is 8.98. The van der Waals surface area contributed by atoms with Crippen molar-refractivity contribution in [2.24, 2.45) is 11.8 Å². The van der Waals surface area contributed by atoms with Crippen molar-refractivity contribution in [3.05, 3.63) is 65.5 Å². The lowest BCUT2D eigenvalue weighted by atomic mass is 9.88. The Morgan fingerprint density at radius 1 is 1.06 bits per heavy atom. The molecule has 1 saturated heterocycles. The molecule has 3 N–H and O–H groups in total. The average molecular weight is 485 g/mol. The summed E-state index contributed by atoms with van der Waals surface area (Å²) in [6.07, 6.45) is 1.42. The van der Waals surface area contributed by atoms with Gasteiger partial charge in [-0.1, -0.05) is 31.5 Å². The predicted molar refractivity (Wildman–Crippen MR) is 137 cm³/mol. The number of anilines is 1. The number of amides is 2. The van der Waals surface area contributed by atoms with Crippen molar-refractivity contribution in [2.75, 3.05) is 25.0 Å². The van der Waals surface area contributed by atoms with Gasteiger partial charge in [-0.3, -0.25) is 9.59 Å². The first-order valence-electron chi connectivity index (χ1n) is 11.7. The zero-order chi connectivity index (χ0) is 24.7. The van der Waals surface area contributed by atoms with Crippen LogP contribution in [-0.4, -0.2) is 47.5 Å². The Morgan fingerprint density at radius 2 is 1.68 bits per heavy atom. The zero-order valence-electron chi connectivity index (χ0n) is 19.9. The molecule has 2 amide bonds. The summed E-state index contributed by atoms with van der Waals surface area (Å²) in [6.45, 7) is 7.91. The first kappa shape index (κ1) is 25.6. The largest absolute Gasteiger partial charge is 0.354 e. The Bertz CT molecular complexity index is 987. The summed E-state index contributed by atoms with van der Waals surface area (Å²) in [5.41, 5.74) is 2.33. The molecular weight excluding hydrogens is 451 g/mol. The highest BCUT2D eigenvalue weighted by Gasteiger charge is 2.33. The Hall–Kier alpha value is -3.00. The molecule has 182 valence electrons. The molecular formula is C26H33FN4O2S. The third-order valence-electron chi connectivity index (χ3n) is 5.96. The summed E-state index contributed by atoms with van der Waals surface area (Å²) in [5.74, 6) is -0.396. The quantitative estimate of drug-likeness (QED) is 0.516. The Morgan fingerprint density at radius 3 is 2.26 bits per heavy atom. The zero-order valence-corrected chi connectivity index (χ0v) is 20.8. The van der Waals surface area contributed by atoms with Crippen LogP contribution in [-0.2, 0) is 4.79 Å². The molecule has 0 saturated carbocycles. The highest BCUT2D eigenvalue weighted by molar-refractivity contribution is 7.80. The van der Waals surface area contributed by atoms with Gasteiger partial charge >= 0.3 is 0 Å². The fourth-order valence-electron chi connectivity index (χ4n) is 3.91. The van der Waals surface area contributed by atoms with Gasteiger partial charge in [-0.15, -0.1) is 0 Å². The lowest BCUT2D eigenvalue weighted by Crippen LogP contribution is -2.54. The van der Waals surface area contributed by atoms with E-state index in [1.807, 2.05) is 37.8 Å². The number of likely N-dealkylation sites (tertiary alicyclic amines) is 1. The third kappa shape index (κ3) is 7.25. The normalized spacial score (nSPS) is 15.0. The van der Waals surface area contributed by atoms with E-state index in [0.29, 0.717) is 49.1 Å². The molecule has 1 atom stereocenters. The SMILES string of the molecule is Cc1ccc(C(=O)N[C@H](C(=O)NCC(C)C)C2CCN(C(=S)Nc3ccc(F)cc3)CC2)cc1. The van der Waals surface area contributed by atoms with Gasteiger partial charge in [0.05, 0.1) is 0 Å². The fourth-order valence-corrected chi connectivity index (χ4v) is 4.21. The monoisotopic (exact) mass is 484 g/mol. The van der Waals surface area contributed by atoms with Crippen molar-refractivity contribution in [1.29, 1.82) is 0 Å². The van der Waals surface area contributed by atoms with E-state index in [2.05, 4.69) is 16.0 Å². The van der Waals surface area contributed by atoms with Crippen LogP contribution in [0.25, 0.3) is 0 Å². The van der Waals surface area contributed by atoms with Gasteiger partial charge in [0.1, 0.15) is 11.9 Å². The molecule has 3 rings (SSSR count). The second-order valence-corrected chi connectivity index (χ2v) is 9.60. The number of carbonyl (C=O) groups excluding carboxylic acids is 2. The van der Waals surface area contributed by atoms with Crippen molar-refractivity contribution in [3.8, 4) is 0 Å². The molecule has 1 aliphatic heterocycles. The van der Waals surface area contributed by atoms with Gasteiger partial charge in [-0.2, -0.15) is 0 Å². The van der Waals surface area contributed by atoms with Crippen molar-refractivity contribution in [1.82, 2.24) is 15.5 Å². The van der Waals surface area contributed by atoms with Crippen LogP contribution in [0.3, 0.4) is 0 Å². The minimum absolute atomic E-state index is 0.00793. The number of nitrogens with zero attached hydrogens (tertiary/aromatic N) is 1. The van der Waals surface area contributed by atoms with E-state index in [9.17, 15) is 14.0 Å². The lowest BCUT2D eigenvalue weighted by Gasteiger charge is -2.37. The summed E-state index contributed by atoms with van der Waals surface area (Å²) in [4.78, 5) is 28.0. The molecule has 0 radical (unpaired) electrons. The van der Waals surface area contributed by atoms with Gasteiger partial charge < -0.3 is 20.9 Å². The molecule has 1 heterocycles. The lowest BCUT2D eigenvalue weighted by molar-refractivity contribution is -0.124. The van der Waals surface area contributed by atoms with Crippen LogP contribution in [0, 0.1) is 24.6 Å². The standard InChI is InChI=1S/C26H33FN4O2S/c1-17(2)16-28-25(33)23(30-24(32)20-6-4-18(3)5-7-20)19-12-14-31(15-13-19)26(34)29-22-10-8-21(27)9-11-22/h4-11,17,19,23H,12-16H2,1-3H3,(H,28,33)(H,29,34)(H,30,32)/t23-/m0/s1. The molecule has 1 aliphatic rings. The van der Waals surface area contributed by atoms with Crippen LogP contribution in [0.2, 0.25) is 0 Å². The van der Waals surface area contributed by atoms with E-state index in [4.69, 9.17) is 12.2 Å². The van der Waals surface area contributed by atoms with Crippen LogP contribution < -0.4 is 16.0 Å². The minimum atomic E-state index is -0.617. The smallest absolute Gasteiger partial charge is 0.251 e. The molecule has 2 aromatic rings. The van der Waals surface area contributed by atoms with Crippen molar-refractivity contribution in [2.45, 2.75) is 39.7 Å². The predicted octanol–water partition coefficient (Wildman–Crippen LogP) is 4.11. The van der Waals surface area contributed by atoms with Gasteiger partial charge in [-0.25, -0.2) is 4.39 Å². The number of piperidine rings is 1. The first-order chi connectivity index (χ1) is 16.2. The van der Waals surface area contributed by atoms with Crippen LogP contribution in [0.1, 0.15) is 42.6 Å². The number of thiocarbonyl (C=S) groups is 1. The van der Waals surface area contributed by atoms with E-state index in [-0.39, 0.29) is 23.5 Å². The van der Waals surface area contributed by atoms with E-state index in [1.54, 1.807) is 24.3 Å². The summed E-state index contributed by atoms with van der Waals surface area (Å²) < 4.78 is 13.1. The number of benzene rings is 2. The van der Waals surface area contributed by atoms with Crippen LogP contribution in [0.5, 0.6) is 0 Å². The van der Waals surface area contributed by atoms with Gasteiger partial charge in [0.2, 0.25) is 5.91 Å². The molecule has 6 nitrogen and oxygen atoms in total. The van der Waals surface area contributed by atoms with Crippen LogP contribution >= 0.6 is 12.2 Å². The van der Waals surface area contributed by atoms with E-state index in [0.717, 1.165) is 11.3 Å². The van der Waals surface area contributed by atoms with Crippen molar-refractivity contribution in [3.63, 3.8) is 0 Å². The maximum atomic E-state index is 13.1. The van der Waals surface area contributed by atoms with E-state index >= 15 is 0 Å². The minimum Gasteiger partial charge on any atom is -0.354 e. The number of carbonyl (C=O) groups is 2. The second kappa shape index (κ2) is 11.9. The van der Waals surface area contributed by atoms with Gasteiger partial charge in [-0.05, 0) is 80.2 Å². The van der Waals surface area contributed by atoms with Crippen molar-refractivity contribution >= 4 is 34.8 Å². The Labute approximate surface area is 206 Å². The second-order valence-electron chi connectivity index (χ2n) is 9.22. The number of hydrogen-bond donors (Lipinski definition) is 3. The highest BCUT2D eigenvalue weighted by atomic mass is 32.1. The highest BCUT2D eigenvalue weighted by Crippen LogP contribution is 2.23. The molecule has 0 aliphatic carbocycles. The maximum absolute atomic E-state index is 13.1. The molecule has 8 heteroatoms. The molecule has 34 heavy (non-hydrogen) atoms. The Balaban J connectivity index is 1.63. The summed E-state index contributed by atoms with van der Waals surface area (Å²) in [7, 11) is 0. The van der Waals surface area contributed by atoms with Gasteiger partial charge in [0.15, 0.2) is 5.11 Å². The number of hydrogen-bond acceptors (Lipinski definition) is 3. The number of halogens is 1. The molecule has 1 fully saturated rings. The van der Waals surface area contributed by atoms with Crippen molar-refractivity contribution < 1.29 is 14.0 Å². The van der Waals surface area contributed by atoms with E-state index < -0.39 is 6.04 Å². The molecule has 0 bridgehead atoms. The summed E-state index contributed by atoms with van der Waals surface area (Å²) >= 11 is 5.53. The number of aryl methyl sites for hydroxylation is 1. The number of rotatable bonds is 7. The summed E-state index contributed by atoms with van der Waals surface area (Å²) in [5, 5.41) is 9.67. The molecule has 0 spiro atoms. The molecule has 2 aromatic carbocycles.